The van der Waals surface area contributed by atoms with Gasteiger partial charge in [-0.1, -0.05) is 12.1 Å². The second-order valence-electron chi connectivity index (χ2n) is 8.09. The Kier molecular flexibility index (Phi) is 6.56. The summed E-state index contributed by atoms with van der Waals surface area (Å²) in [5.74, 6) is -3.69. The van der Waals surface area contributed by atoms with Crippen molar-refractivity contribution in [2.24, 2.45) is 7.05 Å². The molecule has 0 unspecified atom stereocenters. The molecule has 0 saturated heterocycles. The predicted octanol–water partition coefficient (Wildman–Crippen LogP) is 2.77. The van der Waals surface area contributed by atoms with Gasteiger partial charge in [0.25, 0.3) is 11.5 Å². The van der Waals surface area contributed by atoms with Gasteiger partial charge in [-0.15, -0.1) is 0 Å². The van der Waals surface area contributed by atoms with Gasteiger partial charge in [-0.3, -0.25) is 24.1 Å². The fourth-order valence-electron chi connectivity index (χ4n) is 3.92. The third-order valence-electron chi connectivity index (χ3n) is 5.70. The first-order chi connectivity index (χ1) is 17.2. The molecule has 0 bridgehead atoms. The van der Waals surface area contributed by atoms with Gasteiger partial charge in [-0.2, -0.15) is 5.26 Å². The predicted molar refractivity (Wildman–Crippen MR) is 124 cm³/mol. The average Bonchev–Trinajstić information content (AvgIpc) is 3.37. The van der Waals surface area contributed by atoms with Gasteiger partial charge in [-0.05, 0) is 30.7 Å². The molecule has 4 aromatic rings. The number of rotatable bonds is 6. The molecule has 0 aliphatic heterocycles. The van der Waals surface area contributed by atoms with Crippen LogP contribution in [0.3, 0.4) is 0 Å². The Hall–Kier alpha value is -4.92. The number of aromatic hydroxyl groups is 1. The molecular formula is C24H20FN7O4. The second-order valence-corrected chi connectivity index (χ2v) is 8.09. The maximum Gasteiger partial charge on any atom is 0.296 e. The third kappa shape index (κ3) is 4.54. The van der Waals surface area contributed by atoms with E-state index in [1.165, 1.54) is 50.1 Å². The number of anilines is 1. The molecule has 2 atom stereocenters. The smallest absolute Gasteiger partial charge is 0.296 e. The quantitative estimate of drug-likeness (QED) is 0.415. The van der Waals surface area contributed by atoms with Gasteiger partial charge >= 0.3 is 0 Å². The van der Waals surface area contributed by atoms with Gasteiger partial charge in [-0.25, -0.2) is 9.37 Å². The van der Waals surface area contributed by atoms with Crippen molar-refractivity contribution in [2.75, 3.05) is 5.32 Å². The van der Waals surface area contributed by atoms with Crippen molar-refractivity contribution < 1.29 is 18.8 Å². The van der Waals surface area contributed by atoms with Gasteiger partial charge in [0.15, 0.2) is 5.69 Å². The first-order valence-corrected chi connectivity index (χ1v) is 10.7. The SMILES string of the molecule is Cc1cnc([C@@H](c2cc(F)ccc2C#N)[C@H](C)c2nc(C(=O)Nc3cnoc3)c(O)c(=O)n2C)cn1. The molecule has 3 heterocycles. The van der Waals surface area contributed by atoms with Crippen molar-refractivity contribution in [3.63, 3.8) is 0 Å². The molecule has 11 nitrogen and oxygen atoms in total. The maximum absolute atomic E-state index is 14.3. The van der Waals surface area contributed by atoms with Gasteiger partial charge in [0, 0.05) is 31.3 Å². The molecule has 0 fully saturated rings. The van der Waals surface area contributed by atoms with Crippen LogP contribution in [0.5, 0.6) is 5.75 Å². The topological polar surface area (TPSA) is 160 Å². The minimum absolute atomic E-state index is 0.0915. The lowest BCUT2D eigenvalue weighted by molar-refractivity contribution is 0.101. The number of hydrogen-bond acceptors (Lipinski definition) is 9. The van der Waals surface area contributed by atoms with Gasteiger partial charge < -0.3 is 14.9 Å². The number of benzene rings is 1. The molecule has 1 amide bonds. The van der Waals surface area contributed by atoms with E-state index >= 15 is 0 Å². The molecule has 0 radical (unpaired) electrons. The Balaban J connectivity index is 1.89. The molecule has 2 N–H and O–H groups in total. The number of hydrogen-bond donors (Lipinski definition) is 2. The summed E-state index contributed by atoms with van der Waals surface area (Å²) in [7, 11) is 1.39. The summed E-state index contributed by atoms with van der Waals surface area (Å²) in [6.45, 7) is 3.45. The normalized spacial score (nSPS) is 12.5. The lowest BCUT2D eigenvalue weighted by Gasteiger charge is -2.26. The van der Waals surface area contributed by atoms with Crippen molar-refractivity contribution in [1.29, 1.82) is 5.26 Å². The Morgan fingerprint density at radius 3 is 2.69 bits per heavy atom. The highest BCUT2D eigenvalue weighted by atomic mass is 19.1. The van der Waals surface area contributed by atoms with E-state index in [1.807, 2.05) is 0 Å². The van der Waals surface area contributed by atoms with Crippen LogP contribution in [0.25, 0.3) is 0 Å². The standard InChI is InChI=1S/C24H20FN7O4/c1-12-8-28-18(10-27-12)19(17-6-15(25)5-4-14(17)7-26)13(2)22-31-20(21(33)24(35)32(22)3)23(34)30-16-9-29-36-11-16/h4-6,8-11,13,19,33H,1-3H3,(H,30,34)/t13-,19+/m0/s1. The Bertz CT molecular complexity index is 1530. The van der Waals surface area contributed by atoms with Crippen LogP contribution in [-0.4, -0.2) is 35.7 Å². The van der Waals surface area contributed by atoms with Crippen LogP contribution in [0.2, 0.25) is 0 Å². The summed E-state index contributed by atoms with van der Waals surface area (Å²) in [6.07, 6.45) is 5.43. The van der Waals surface area contributed by atoms with Gasteiger partial charge in [0.1, 0.15) is 23.6 Å². The van der Waals surface area contributed by atoms with E-state index < -0.39 is 40.6 Å². The zero-order valence-electron chi connectivity index (χ0n) is 19.4. The number of amides is 1. The lowest BCUT2D eigenvalue weighted by Crippen LogP contribution is -2.29. The molecule has 4 rings (SSSR count). The molecule has 3 aromatic heterocycles. The van der Waals surface area contributed by atoms with Crippen molar-refractivity contribution in [2.45, 2.75) is 25.7 Å². The Labute approximate surface area is 203 Å². The van der Waals surface area contributed by atoms with Crippen molar-refractivity contribution >= 4 is 11.6 Å². The van der Waals surface area contributed by atoms with E-state index in [0.717, 1.165) is 4.57 Å². The van der Waals surface area contributed by atoms with Crippen LogP contribution >= 0.6 is 0 Å². The minimum atomic E-state index is -0.865. The lowest BCUT2D eigenvalue weighted by atomic mass is 9.81. The number of carbonyl (C=O) groups is 1. The number of halogens is 1. The number of carbonyl (C=O) groups excluding carboxylic acids is 1. The fraction of sp³-hybridized carbons (Fsp3) is 0.208. The number of aromatic nitrogens is 5. The van der Waals surface area contributed by atoms with Crippen LogP contribution in [0.1, 0.15) is 57.6 Å². The summed E-state index contributed by atoms with van der Waals surface area (Å²) >= 11 is 0. The van der Waals surface area contributed by atoms with Crippen LogP contribution in [0, 0.1) is 24.1 Å². The number of nitrogens with one attached hydrogen (secondary N) is 1. The molecule has 182 valence electrons. The van der Waals surface area contributed by atoms with E-state index in [-0.39, 0.29) is 17.1 Å². The molecule has 0 spiro atoms. The molecule has 12 heteroatoms. The van der Waals surface area contributed by atoms with Crippen LogP contribution in [-0.2, 0) is 7.05 Å². The fourth-order valence-corrected chi connectivity index (χ4v) is 3.92. The molecule has 0 aliphatic rings. The van der Waals surface area contributed by atoms with Crippen LogP contribution in [0.15, 0.2) is 52.4 Å². The van der Waals surface area contributed by atoms with Gasteiger partial charge in [0.05, 0.1) is 29.2 Å². The van der Waals surface area contributed by atoms with Gasteiger partial charge in [0.2, 0.25) is 5.75 Å². The van der Waals surface area contributed by atoms with E-state index in [4.69, 9.17) is 0 Å². The molecular weight excluding hydrogens is 469 g/mol. The molecule has 36 heavy (non-hydrogen) atoms. The Morgan fingerprint density at radius 1 is 1.28 bits per heavy atom. The highest BCUT2D eigenvalue weighted by Crippen LogP contribution is 2.38. The number of nitrogens with zero attached hydrogens (tertiary/aromatic N) is 6. The van der Waals surface area contributed by atoms with Crippen molar-refractivity contribution in [3.05, 3.63) is 93.3 Å². The van der Waals surface area contributed by atoms with Crippen LogP contribution in [0.4, 0.5) is 10.1 Å². The number of aryl methyl sites for hydroxylation is 1. The average molecular weight is 489 g/mol. The molecule has 0 aliphatic carbocycles. The first-order valence-electron chi connectivity index (χ1n) is 10.7. The summed E-state index contributed by atoms with van der Waals surface area (Å²) in [4.78, 5) is 38.7. The maximum atomic E-state index is 14.3. The zero-order valence-corrected chi connectivity index (χ0v) is 19.4. The summed E-state index contributed by atoms with van der Waals surface area (Å²) in [5, 5.41) is 26.0. The van der Waals surface area contributed by atoms with E-state index in [0.29, 0.717) is 17.0 Å². The second kappa shape index (κ2) is 9.75. The molecule has 0 saturated carbocycles. The Morgan fingerprint density at radius 2 is 2.06 bits per heavy atom. The van der Waals surface area contributed by atoms with Crippen molar-refractivity contribution in [3.8, 4) is 11.8 Å². The highest BCUT2D eigenvalue weighted by Gasteiger charge is 2.32. The number of nitriles is 1. The minimum Gasteiger partial charge on any atom is -0.501 e. The van der Waals surface area contributed by atoms with Crippen molar-refractivity contribution in [1.82, 2.24) is 24.7 Å². The van der Waals surface area contributed by atoms with E-state index in [1.54, 1.807) is 13.8 Å². The van der Waals surface area contributed by atoms with E-state index in [2.05, 4.69) is 36.0 Å². The zero-order chi connectivity index (χ0) is 26.0. The largest absolute Gasteiger partial charge is 0.501 e. The highest BCUT2D eigenvalue weighted by molar-refractivity contribution is 6.04. The summed E-state index contributed by atoms with van der Waals surface area (Å²) in [5.41, 5.74) is 0.361. The summed E-state index contributed by atoms with van der Waals surface area (Å²) < 4.78 is 20.1. The van der Waals surface area contributed by atoms with Crippen LogP contribution < -0.4 is 10.9 Å². The van der Waals surface area contributed by atoms with E-state index in [9.17, 15) is 24.3 Å². The molecule has 1 aromatic carbocycles. The first kappa shape index (κ1) is 24.2. The monoisotopic (exact) mass is 489 g/mol. The summed E-state index contributed by atoms with van der Waals surface area (Å²) in [6, 6.07) is 5.81. The third-order valence-corrected chi connectivity index (χ3v) is 5.70.